The zero-order valence-electron chi connectivity index (χ0n) is 10.3. The maximum Gasteiger partial charge on any atom is 0.343 e. The van der Waals surface area contributed by atoms with Gasteiger partial charge in [0.25, 0.3) is 5.56 Å². The van der Waals surface area contributed by atoms with E-state index in [1.165, 1.54) is 7.11 Å². The molecule has 0 aromatic carbocycles. The van der Waals surface area contributed by atoms with Crippen LogP contribution in [-0.2, 0) is 10.3 Å². The van der Waals surface area contributed by atoms with Gasteiger partial charge in [0.15, 0.2) is 0 Å². The molecule has 0 spiro atoms. The zero-order valence-corrected chi connectivity index (χ0v) is 10.3. The van der Waals surface area contributed by atoms with Crippen molar-refractivity contribution >= 4 is 5.97 Å². The fourth-order valence-corrected chi connectivity index (χ4v) is 1.47. The highest BCUT2D eigenvalue weighted by Gasteiger charge is 2.20. The molecular weight excluding hydrogens is 206 g/mol. The van der Waals surface area contributed by atoms with E-state index in [9.17, 15) is 9.59 Å². The summed E-state index contributed by atoms with van der Waals surface area (Å²) in [4.78, 5) is 23.5. The normalized spacial score (nSPS) is 11.3. The number of aromatic nitrogens is 1. The predicted molar refractivity (Wildman–Crippen MR) is 61.8 cm³/mol. The molecule has 0 atom stereocenters. The lowest BCUT2D eigenvalue weighted by molar-refractivity contribution is 0.0597. The van der Waals surface area contributed by atoms with Gasteiger partial charge in [-0.1, -0.05) is 0 Å². The highest BCUT2D eigenvalue weighted by Crippen LogP contribution is 2.12. The molecule has 1 aromatic heterocycles. The van der Waals surface area contributed by atoms with Gasteiger partial charge in [-0.2, -0.15) is 0 Å². The monoisotopic (exact) mass is 223 g/mol. The lowest BCUT2D eigenvalue weighted by Gasteiger charge is -2.23. The van der Waals surface area contributed by atoms with E-state index in [4.69, 9.17) is 0 Å². The number of pyridine rings is 1. The van der Waals surface area contributed by atoms with Crippen LogP contribution >= 0.6 is 0 Å². The van der Waals surface area contributed by atoms with E-state index in [-0.39, 0.29) is 16.7 Å². The van der Waals surface area contributed by atoms with Crippen LogP contribution in [-0.4, -0.2) is 17.6 Å². The maximum atomic E-state index is 12.0. The Bertz CT molecular complexity index is 466. The van der Waals surface area contributed by atoms with Gasteiger partial charge >= 0.3 is 5.97 Å². The summed E-state index contributed by atoms with van der Waals surface area (Å²) < 4.78 is 6.14. The van der Waals surface area contributed by atoms with Crippen LogP contribution in [0.1, 0.15) is 36.7 Å². The number of carbonyl (C=O) groups excluding carboxylic acids is 1. The number of aryl methyl sites for hydroxylation is 1. The second kappa shape index (κ2) is 4.12. The first-order valence-electron chi connectivity index (χ1n) is 5.09. The van der Waals surface area contributed by atoms with Gasteiger partial charge in [0.2, 0.25) is 0 Å². The standard InChI is InChI=1S/C12H17NO3/c1-8-6-9(11(15)16-5)10(14)13(7-8)12(2,3)4/h6-7H,1-5H3. The van der Waals surface area contributed by atoms with Gasteiger partial charge in [0, 0.05) is 11.7 Å². The van der Waals surface area contributed by atoms with Crippen LogP contribution in [0, 0.1) is 6.92 Å². The molecule has 0 aliphatic rings. The molecule has 1 rings (SSSR count). The van der Waals surface area contributed by atoms with Gasteiger partial charge in [-0.25, -0.2) is 4.79 Å². The van der Waals surface area contributed by atoms with Gasteiger partial charge in [0.05, 0.1) is 7.11 Å². The average molecular weight is 223 g/mol. The summed E-state index contributed by atoms with van der Waals surface area (Å²) in [5, 5.41) is 0. The van der Waals surface area contributed by atoms with E-state index < -0.39 is 5.97 Å². The number of rotatable bonds is 1. The summed E-state index contributed by atoms with van der Waals surface area (Å²) in [6, 6.07) is 1.55. The number of hydrogen-bond donors (Lipinski definition) is 0. The molecule has 0 saturated heterocycles. The van der Waals surface area contributed by atoms with Crippen molar-refractivity contribution in [2.45, 2.75) is 33.2 Å². The predicted octanol–water partition coefficient (Wildman–Crippen LogP) is 1.70. The Balaban J connectivity index is 3.51. The van der Waals surface area contributed by atoms with E-state index >= 15 is 0 Å². The van der Waals surface area contributed by atoms with Crippen LogP contribution in [0.2, 0.25) is 0 Å². The summed E-state index contributed by atoms with van der Waals surface area (Å²) in [6.45, 7) is 7.58. The molecule has 0 aliphatic heterocycles. The number of hydrogen-bond acceptors (Lipinski definition) is 3. The van der Waals surface area contributed by atoms with Gasteiger partial charge in [-0.15, -0.1) is 0 Å². The SMILES string of the molecule is COC(=O)c1cc(C)cn(C(C)(C)C)c1=O. The minimum atomic E-state index is -0.591. The van der Waals surface area contributed by atoms with Crippen molar-refractivity contribution in [2.24, 2.45) is 0 Å². The second-order valence-electron chi connectivity index (χ2n) is 4.77. The Morgan fingerprint density at radius 1 is 1.38 bits per heavy atom. The third kappa shape index (κ3) is 2.32. The zero-order chi connectivity index (χ0) is 12.5. The Morgan fingerprint density at radius 3 is 2.38 bits per heavy atom. The molecule has 16 heavy (non-hydrogen) atoms. The lowest BCUT2D eigenvalue weighted by Crippen LogP contribution is -2.36. The highest BCUT2D eigenvalue weighted by atomic mass is 16.5. The maximum absolute atomic E-state index is 12.0. The topological polar surface area (TPSA) is 48.3 Å². The molecule has 0 bridgehead atoms. The van der Waals surface area contributed by atoms with Crippen molar-refractivity contribution in [3.63, 3.8) is 0 Å². The van der Waals surface area contributed by atoms with Gasteiger partial charge in [0.1, 0.15) is 5.56 Å². The molecule has 88 valence electrons. The van der Waals surface area contributed by atoms with Crippen LogP contribution in [0.3, 0.4) is 0 Å². The van der Waals surface area contributed by atoms with Crippen LogP contribution in [0.4, 0.5) is 0 Å². The van der Waals surface area contributed by atoms with E-state index in [1.807, 2.05) is 27.7 Å². The summed E-state index contributed by atoms with van der Waals surface area (Å²) in [7, 11) is 1.27. The summed E-state index contributed by atoms with van der Waals surface area (Å²) >= 11 is 0. The van der Waals surface area contributed by atoms with Gasteiger partial charge in [-0.05, 0) is 39.3 Å². The summed E-state index contributed by atoms with van der Waals surface area (Å²) in [6.07, 6.45) is 1.74. The van der Waals surface area contributed by atoms with Crippen molar-refractivity contribution in [3.05, 3.63) is 33.7 Å². The van der Waals surface area contributed by atoms with E-state index in [1.54, 1.807) is 16.8 Å². The first kappa shape index (κ1) is 12.5. The third-order valence-electron chi connectivity index (χ3n) is 2.28. The number of carbonyl (C=O) groups is 1. The molecule has 0 saturated carbocycles. The van der Waals surface area contributed by atoms with Gasteiger partial charge < -0.3 is 9.30 Å². The minimum Gasteiger partial charge on any atom is -0.465 e. The first-order chi connectivity index (χ1) is 7.27. The number of ether oxygens (including phenoxy) is 1. The molecule has 0 radical (unpaired) electrons. The minimum absolute atomic E-state index is 0.0809. The molecule has 0 aliphatic carbocycles. The molecule has 0 amide bonds. The van der Waals surface area contributed by atoms with Crippen molar-refractivity contribution in [2.75, 3.05) is 7.11 Å². The quantitative estimate of drug-likeness (QED) is 0.681. The number of methoxy groups -OCH3 is 1. The Kier molecular flexibility index (Phi) is 3.21. The van der Waals surface area contributed by atoms with Crippen molar-refractivity contribution in [1.29, 1.82) is 0 Å². The van der Waals surface area contributed by atoms with Crippen LogP contribution in [0.25, 0.3) is 0 Å². The van der Waals surface area contributed by atoms with E-state index in [2.05, 4.69) is 4.74 Å². The van der Waals surface area contributed by atoms with Crippen LogP contribution in [0.5, 0.6) is 0 Å². The lowest BCUT2D eigenvalue weighted by atomic mass is 10.1. The highest BCUT2D eigenvalue weighted by molar-refractivity contribution is 5.89. The van der Waals surface area contributed by atoms with Gasteiger partial charge in [-0.3, -0.25) is 4.79 Å². The fourth-order valence-electron chi connectivity index (χ4n) is 1.47. The van der Waals surface area contributed by atoms with Crippen molar-refractivity contribution in [1.82, 2.24) is 4.57 Å². The van der Waals surface area contributed by atoms with Crippen molar-refractivity contribution in [3.8, 4) is 0 Å². The summed E-state index contributed by atoms with van der Waals surface area (Å²) in [5.41, 5.74) is 0.267. The van der Waals surface area contributed by atoms with Crippen LogP contribution in [0.15, 0.2) is 17.1 Å². The molecule has 1 aromatic rings. The molecule has 0 unspecified atom stereocenters. The molecule has 4 nitrogen and oxygen atoms in total. The molecule has 0 fully saturated rings. The summed E-state index contributed by atoms with van der Waals surface area (Å²) in [5.74, 6) is -0.591. The smallest absolute Gasteiger partial charge is 0.343 e. The van der Waals surface area contributed by atoms with Crippen molar-refractivity contribution < 1.29 is 9.53 Å². The van der Waals surface area contributed by atoms with Crippen LogP contribution < -0.4 is 5.56 Å². The largest absolute Gasteiger partial charge is 0.465 e. The molecular formula is C12H17NO3. The average Bonchev–Trinajstić information content (AvgIpc) is 2.18. The Morgan fingerprint density at radius 2 is 1.94 bits per heavy atom. The van der Waals surface area contributed by atoms with E-state index in [0.29, 0.717) is 0 Å². The molecule has 0 N–H and O–H groups in total. The molecule has 1 heterocycles. The Hall–Kier alpha value is -1.58. The number of esters is 1. The Labute approximate surface area is 94.9 Å². The first-order valence-corrected chi connectivity index (χ1v) is 5.09. The second-order valence-corrected chi connectivity index (χ2v) is 4.77. The van der Waals surface area contributed by atoms with E-state index in [0.717, 1.165) is 5.56 Å². The fraction of sp³-hybridized carbons (Fsp3) is 0.500. The molecule has 4 heteroatoms. The third-order valence-corrected chi connectivity index (χ3v) is 2.28. The number of nitrogens with zero attached hydrogens (tertiary/aromatic N) is 1.